The fourth-order valence-corrected chi connectivity index (χ4v) is 4.03. The Labute approximate surface area is 99.3 Å². The van der Waals surface area contributed by atoms with Crippen LogP contribution in [0.1, 0.15) is 46.5 Å². The van der Waals surface area contributed by atoms with Gasteiger partial charge in [0.1, 0.15) is 0 Å². The smallest absolute Gasteiger partial charge is 0.0594 e. The molecule has 0 radical (unpaired) electrons. The van der Waals surface area contributed by atoms with Crippen molar-refractivity contribution >= 4 is 0 Å². The normalized spacial score (nSPS) is 42.1. The number of hydrogen-bond donors (Lipinski definition) is 1. The van der Waals surface area contributed by atoms with E-state index in [0.717, 1.165) is 19.3 Å². The summed E-state index contributed by atoms with van der Waals surface area (Å²) < 4.78 is 0. The standard InChI is InChI=1S/C15H24O/c1-5-11-7-6-8-12-14(2,3)13(16)9-10-15(11,12)4/h5,7,12-13,16H,1,6,8-10H2,2-4H3/t12?,13-,15+/m0/s1. The summed E-state index contributed by atoms with van der Waals surface area (Å²) in [6, 6.07) is 0. The van der Waals surface area contributed by atoms with E-state index in [1.54, 1.807) is 0 Å². The lowest BCUT2D eigenvalue weighted by molar-refractivity contribution is -0.0861. The summed E-state index contributed by atoms with van der Waals surface area (Å²) in [5.74, 6) is 0.585. The molecule has 3 atom stereocenters. The molecule has 0 bridgehead atoms. The van der Waals surface area contributed by atoms with Crippen molar-refractivity contribution in [2.24, 2.45) is 16.7 Å². The third-order valence-corrected chi connectivity index (χ3v) is 5.16. The van der Waals surface area contributed by atoms with E-state index in [1.807, 2.05) is 6.08 Å². The molecule has 1 saturated carbocycles. The summed E-state index contributed by atoms with van der Waals surface area (Å²) in [5, 5.41) is 10.2. The van der Waals surface area contributed by atoms with Crippen LogP contribution in [0.5, 0.6) is 0 Å². The first-order chi connectivity index (χ1) is 7.43. The van der Waals surface area contributed by atoms with Gasteiger partial charge in [-0.15, -0.1) is 0 Å². The molecule has 2 rings (SSSR count). The van der Waals surface area contributed by atoms with E-state index in [2.05, 4.69) is 33.4 Å². The number of allylic oxidation sites excluding steroid dienone is 3. The molecule has 0 aromatic carbocycles. The van der Waals surface area contributed by atoms with E-state index >= 15 is 0 Å². The van der Waals surface area contributed by atoms with Crippen LogP contribution >= 0.6 is 0 Å². The third kappa shape index (κ3) is 1.48. The summed E-state index contributed by atoms with van der Waals surface area (Å²) in [4.78, 5) is 0. The van der Waals surface area contributed by atoms with Crippen molar-refractivity contribution in [2.75, 3.05) is 0 Å². The molecule has 0 aromatic rings. The number of rotatable bonds is 1. The van der Waals surface area contributed by atoms with Gasteiger partial charge >= 0.3 is 0 Å². The Bertz CT molecular complexity index is 326. The zero-order chi connectivity index (χ0) is 12.0. The van der Waals surface area contributed by atoms with Crippen LogP contribution in [-0.4, -0.2) is 11.2 Å². The van der Waals surface area contributed by atoms with Gasteiger partial charge in [0.2, 0.25) is 0 Å². The van der Waals surface area contributed by atoms with E-state index in [-0.39, 0.29) is 16.9 Å². The highest BCUT2D eigenvalue weighted by Crippen LogP contribution is 2.58. The summed E-state index contributed by atoms with van der Waals surface area (Å²) in [6.07, 6.45) is 8.59. The predicted octanol–water partition coefficient (Wildman–Crippen LogP) is 3.70. The summed E-state index contributed by atoms with van der Waals surface area (Å²) in [7, 11) is 0. The second-order valence-electron chi connectivity index (χ2n) is 6.29. The van der Waals surface area contributed by atoms with Crippen LogP contribution in [0, 0.1) is 16.7 Å². The summed E-state index contributed by atoms with van der Waals surface area (Å²) in [6.45, 7) is 10.8. The van der Waals surface area contributed by atoms with Gasteiger partial charge in [0, 0.05) is 0 Å². The lowest BCUT2D eigenvalue weighted by Crippen LogP contribution is -2.51. The molecule has 0 amide bonds. The predicted molar refractivity (Wildman–Crippen MR) is 68.1 cm³/mol. The van der Waals surface area contributed by atoms with Gasteiger partial charge in [0.15, 0.2) is 0 Å². The first kappa shape index (κ1) is 11.9. The highest BCUT2D eigenvalue weighted by molar-refractivity contribution is 5.30. The lowest BCUT2D eigenvalue weighted by Gasteiger charge is -2.55. The molecular weight excluding hydrogens is 196 g/mol. The molecule has 1 unspecified atom stereocenters. The Morgan fingerprint density at radius 3 is 2.69 bits per heavy atom. The van der Waals surface area contributed by atoms with Crippen molar-refractivity contribution < 1.29 is 5.11 Å². The van der Waals surface area contributed by atoms with Crippen LogP contribution in [0.2, 0.25) is 0 Å². The minimum atomic E-state index is -0.144. The Kier molecular flexibility index (Phi) is 2.78. The van der Waals surface area contributed by atoms with Gasteiger partial charge in [-0.1, -0.05) is 39.5 Å². The van der Waals surface area contributed by atoms with Crippen LogP contribution in [0.4, 0.5) is 0 Å². The zero-order valence-corrected chi connectivity index (χ0v) is 10.8. The minimum Gasteiger partial charge on any atom is -0.393 e. The molecule has 0 spiro atoms. The van der Waals surface area contributed by atoms with Crippen molar-refractivity contribution in [3.05, 3.63) is 24.3 Å². The highest BCUT2D eigenvalue weighted by atomic mass is 16.3. The molecule has 90 valence electrons. The average Bonchev–Trinajstić information content (AvgIpc) is 2.24. The zero-order valence-electron chi connectivity index (χ0n) is 10.8. The van der Waals surface area contributed by atoms with Gasteiger partial charge in [-0.25, -0.2) is 0 Å². The van der Waals surface area contributed by atoms with Crippen LogP contribution in [0.25, 0.3) is 0 Å². The molecule has 0 aromatic heterocycles. The van der Waals surface area contributed by atoms with Crippen LogP contribution < -0.4 is 0 Å². The topological polar surface area (TPSA) is 20.2 Å². The maximum atomic E-state index is 10.2. The van der Waals surface area contributed by atoms with Gasteiger partial charge in [-0.3, -0.25) is 0 Å². The molecule has 1 N–H and O–H groups in total. The minimum absolute atomic E-state index is 0.0372. The van der Waals surface area contributed by atoms with E-state index in [1.165, 1.54) is 12.0 Å². The molecule has 0 heterocycles. The molecule has 1 heteroatoms. The Hall–Kier alpha value is -0.560. The largest absolute Gasteiger partial charge is 0.393 e. The molecular formula is C15H24O. The second kappa shape index (κ2) is 3.73. The fourth-order valence-electron chi connectivity index (χ4n) is 4.03. The molecule has 1 fully saturated rings. The summed E-state index contributed by atoms with van der Waals surface area (Å²) in [5.41, 5.74) is 1.68. The fraction of sp³-hybridized carbons (Fsp3) is 0.733. The van der Waals surface area contributed by atoms with Gasteiger partial charge in [-0.05, 0) is 48.0 Å². The maximum Gasteiger partial charge on any atom is 0.0594 e. The van der Waals surface area contributed by atoms with Crippen molar-refractivity contribution in [3.63, 3.8) is 0 Å². The number of fused-ring (bicyclic) bond motifs is 1. The highest BCUT2D eigenvalue weighted by Gasteiger charge is 2.52. The molecule has 0 saturated heterocycles. The number of hydrogen-bond acceptors (Lipinski definition) is 1. The van der Waals surface area contributed by atoms with E-state index < -0.39 is 0 Å². The second-order valence-corrected chi connectivity index (χ2v) is 6.29. The molecule has 1 nitrogen and oxygen atoms in total. The number of aliphatic hydroxyl groups is 1. The van der Waals surface area contributed by atoms with Crippen LogP contribution in [0.3, 0.4) is 0 Å². The van der Waals surface area contributed by atoms with Gasteiger partial charge in [0.05, 0.1) is 6.10 Å². The third-order valence-electron chi connectivity index (χ3n) is 5.16. The Morgan fingerprint density at radius 2 is 2.06 bits per heavy atom. The van der Waals surface area contributed by atoms with Gasteiger partial charge in [0.25, 0.3) is 0 Å². The lowest BCUT2D eigenvalue weighted by atomic mass is 9.50. The van der Waals surface area contributed by atoms with Crippen LogP contribution in [-0.2, 0) is 0 Å². The Morgan fingerprint density at radius 1 is 1.38 bits per heavy atom. The number of aliphatic hydroxyl groups excluding tert-OH is 1. The van der Waals surface area contributed by atoms with E-state index in [0.29, 0.717) is 5.92 Å². The van der Waals surface area contributed by atoms with Crippen LogP contribution in [0.15, 0.2) is 24.3 Å². The van der Waals surface area contributed by atoms with Gasteiger partial charge in [-0.2, -0.15) is 0 Å². The van der Waals surface area contributed by atoms with Crippen molar-refractivity contribution in [2.45, 2.75) is 52.6 Å². The van der Waals surface area contributed by atoms with Crippen molar-refractivity contribution in [1.82, 2.24) is 0 Å². The van der Waals surface area contributed by atoms with Gasteiger partial charge < -0.3 is 5.11 Å². The first-order valence-electron chi connectivity index (χ1n) is 6.44. The summed E-state index contributed by atoms with van der Waals surface area (Å²) >= 11 is 0. The average molecular weight is 220 g/mol. The maximum absolute atomic E-state index is 10.2. The van der Waals surface area contributed by atoms with Crippen molar-refractivity contribution in [1.29, 1.82) is 0 Å². The van der Waals surface area contributed by atoms with E-state index in [9.17, 15) is 5.11 Å². The molecule has 2 aliphatic carbocycles. The van der Waals surface area contributed by atoms with E-state index in [4.69, 9.17) is 0 Å². The SMILES string of the molecule is C=CC1=CCCC2C(C)(C)[C@@H](O)CC[C@]12C. The molecule has 2 aliphatic rings. The Balaban J connectivity index is 2.41. The first-order valence-corrected chi connectivity index (χ1v) is 6.44. The molecule has 0 aliphatic heterocycles. The van der Waals surface area contributed by atoms with Crippen molar-refractivity contribution in [3.8, 4) is 0 Å². The quantitative estimate of drug-likeness (QED) is 0.714. The molecule has 16 heavy (non-hydrogen) atoms. The monoisotopic (exact) mass is 220 g/mol.